The van der Waals surface area contributed by atoms with E-state index in [0.717, 1.165) is 69.9 Å². The number of carbonyl (C=O) groups is 1. The fourth-order valence-corrected chi connectivity index (χ4v) is 5.04. The minimum atomic E-state index is -0.0907. The van der Waals surface area contributed by atoms with E-state index in [1.165, 1.54) is 11.3 Å². The molecule has 1 saturated heterocycles. The van der Waals surface area contributed by atoms with E-state index in [2.05, 4.69) is 27.1 Å². The summed E-state index contributed by atoms with van der Waals surface area (Å²) < 4.78 is 1.79. The predicted molar refractivity (Wildman–Crippen MR) is 108 cm³/mol. The lowest BCUT2D eigenvalue weighted by Gasteiger charge is -2.32. The fraction of sp³-hybridized carbons (Fsp3) is 0.632. The van der Waals surface area contributed by atoms with Gasteiger partial charge in [0.05, 0.1) is 10.3 Å². The van der Waals surface area contributed by atoms with Gasteiger partial charge >= 0.3 is 0 Å². The first-order valence-electron chi connectivity index (χ1n) is 9.76. The molecule has 4 rings (SSSR count). The van der Waals surface area contributed by atoms with Crippen molar-refractivity contribution in [1.82, 2.24) is 24.7 Å². The van der Waals surface area contributed by atoms with Crippen LogP contribution in [0.5, 0.6) is 0 Å². The highest BCUT2D eigenvalue weighted by atomic mass is 32.1. The van der Waals surface area contributed by atoms with Crippen LogP contribution in [0.3, 0.4) is 0 Å². The Morgan fingerprint density at radius 3 is 2.74 bits per heavy atom. The molecule has 2 aromatic rings. The molecule has 8 heteroatoms. The number of aryl methyl sites for hydroxylation is 2. The van der Waals surface area contributed by atoms with Crippen molar-refractivity contribution in [3.05, 3.63) is 26.6 Å². The summed E-state index contributed by atoms with van der Waals surface area (Å²) in [7, 11) is 2.14. The highest BCUT2D eigenvalue weighted by Gasteiger charge is 2.22. The van der Waals surface area contributed by atoms with Crippen molar-refractivity contribution in [2.24, 2.45) is 0 Å². The zero-order chi connectivity index (χ0) is 19.0. The number of fused-ring (bicyclic) bond motifs is 2. The molecule has 2 aliphatic heterocycles. The number of thiophene rings is 1. The van der Waals surface area contributed by atoms with E-state index in [0.29, 0.717) is 21.6 Å². The van der Waals surface area contributed by atoms with Gasteiger partial charge in [-0.25, -0.2) is 4.98 Å². The van der Waals surface area contributed by atoms with Crippen LogP contribution in [0.4, 0.5) is 0 Å². The lowest BCUT2D eigenvalue weighted by atomic mass is 10.1. The Bertz CT molecular complexity index is 911. The average Bonchev–Trinajstić information content (AvgIpc) is 3.00. The molecule has 0 aromatic carbocycles. The second-order valence-electron chi connectivity index (χ2n) is 7.58. The quantitative estimate of drug-likeness (QED) is 0.847. The van der Waals surface area contributed by atoms with E-state index in [-0.39, 0.29) is 11.5 Å². The molecule has 0 saturated carbocycles. The third-order valence-corrected chi connectivity index (χ3v) is 6.86. The molecule has 27 heavy (non-hydrogen) atoms. The summed E-state index contributed by atoms with van der Waals surface area (Å²) in [6.07, 6.45) is 2.93. The molecule has 0 radical (unpaired) electrons. The smallest absolute Gasteiger partial charge is 0.262 e. The molecular weight excluding hydrogens is 362 g/mol. The summed E-state index contributed by atoms with van der Waals surface area (Å²) in [6.45, 7) is 8.32. The predicted octanol–water partition coefficient (Wildman–Crippen LogP) is 1.08. The number of amides is 1. The number of likely N-dealkylation sites (N-methyl/N-ethyl adjacent to an activating group) is 1. The first-order valence-corrected chi connectivity index (χ1v) is 10.6. The molecule has 1 fully saturated rings. The van der Waals surface area contributed by atoms with Crippen molar-refractivity contribution in [1.29, 1.82) is 0 Å². The Kier molecular flexibility index (Phi) is 5.29. The van der Waals surface area contributed by atoms with Crippen LogP contribution in [0.2, 0.25) is 0 Å². The van der Waals surface area contributed by atoms with Gasteiger partial charge in [-0.1, -0.05) is 0 Å². The maximum atomic E-state index is 12.9. The van der Waals surface area contributed by atoms with Gasteiger partial charge in [0.2, 0.25) is 0 Å². The van der Waals surface area contributed by atoms with Crippen LogP contribution in [-0.2, 0) is 13.0 Å². The van der Waals surface area contributed by atoms with Crippen molar-refractivity contribution in [3.8, 4) is 0 Å². The number of nitrogens with zero attached hydrogens (tertiary/aromatic N) is 4. The van der Waals surface area contributed by atoms with Crippen molar-refractivity contribution >= 4 is 27.5 Å². The van der Waals surface area contributed by atoms with Crippen LogP contribution in [0.1, 0.15) is 33.9 Å². The molecule has 0 spiro atoms. The number of nitrogens with one attached hydrogen (secondary N) is 1. The van der Waals surface area contributed by atoms with Crippen molar-refractivity contribution in [3.63, 3.8) is 0 Å². The fourth-order valence-electron chi connectivity index (χ4n) is 3.93. The molecule has 146 valence electrons. The molecule has 0 aliphatic carbocycles. The summed E-state index contributed by atoms with van der Waals surface area (Å²) in [5.41, 5.74) is 0.783. The highest BCUT2D eigenvalue weighted by Crippen LogP contribution is 2.28. The van der Waals surface area contributed by atoms with Crippen LogP contribution in [0.25, 0.3) is 10.2 Å². The normalized spacial score (nSPS) is 18.6. The van der Waals surface area contributed by atoms with Gasteiger partial charge in [-0.3, -0.25) is 19.1 Å². The third-order valence-electron chi connectivity index (χ3n) is 5.68. The van der Waals surface area contributed by atoms with Gasteiger partial charge < -0.3 is 10.2 Å². The third kappa shape index (κ3) is 3.66. The second kappa shape index (κ2) is 7.69. The minimum absolute atomic E-state index is 0.0138. The molecule has 2 aliphatic rings. The maximum absolute atomic E-state index is 12.9. The molecule has 1 N–H and O–H groups in total. The lowest BCUT2D eigenvalue weighted by molar-refractivity contribution is 0.0944. The highest BCUT2D eigenvalue weighted by molar-refractivity contribution is 7.20. The van der Waals surface area contributed by atoms with Gasteiger partial charge in [0.15, 0.2) is 0 Å². The molecule has 2 aromatic heterocycles. The van der Waals surface area contributed by atoms with Crippen molar-refractivity contribution in [2.45, 2.75) is 32.7 Å². The second-order valence-corrected chi connectivity index (χ2v) is 8.58. The van der Waals surface area contributed by atoms with Crippen molar-refractivity contribution < 1.29 is 4.79 Å². The first-order chi connectivity index (χ1) is 13.0. The first kappa shape index (κ1) is 18.6. The standard InChI is InChI=1S/C19H27N5O2S/c1-13-15-18(21-14-5-3-4-7-24(14)19(15)26)27-16(13)17(25)20-6-8-23-11-9-22(2)10-12-23/h3-12H2,1-2H3,(H,20,25). The van der Waals surface area contributed by atoms with Crippen LogP contribution in [-0.4, -0.2) is 71.6 Å². The Labute approximate surface area is 163 Å². The van der Waals surface area contributed by atoms with Crippen LogP contribution in [0, 0.1) is 6.92 Å². The zero-order valence-electron chi connectivity index (χ0n) is 16.1. The molecule has 0 unspecified atom stereocenters. The summed E-state index contributed by atoms with van der Waals surface area (Å²) in [4.78, 5) is 36.3. The van der Waals surface area contributed by atoms with Gasteiger partial charge in [-0.15, -0.1) is 11.3 Å². The molecule has 4 heterocycles. The number of rotatable bonds is 4. The van der Waals surface area contributed by atoms with Gasteiger partial charge in [0, 0.05) is 52.2 Å². The van der Waals surface area contributed by atoms with E-state index in [4.69, 9.17) is 0 Å². The molecular formula is C19H27N5O2S. The Hall–Kier alpha value is -1.77. The summed E-state index contributed by atoms with van der Waals surface area (Å²) in [5, 5.41) is 3.65. The maximum Gasteiger partial charge on any atom is 0.262 e. The van der Waals surface area contributed by atoms with Gasteiger partial charge in [0.1, 0.15) is 10.7 Å². The number of hydrogen-bond donors (Lipinski definition) is 1. The molecule has 1 amide bonds. The Morgan fingerprint density at radius 1 is 1.19 bits per heavy atom. The summed E-state index contributed by atoms with van der Waals surface area (Å²) in [6, 6.07) is 0. The Morgan fingerprint density at radius 2 is 1.96 bits per heavy atom. The van der Waals surface area contributed by atoms with Crippen LogP contribution in [0.15, 0.2) is 4.79 Å². The summed E-state index contributed by atoms with van der Waals surface area (Å²) in [5.74, 6) is 0.772. The molecule has 0 atom stereocenters. The summed E-state index contributed by atoms with van der Waals surface area (Å²) >= 11 is 1.35. The van der Waals surface area contributed by atoms with E-state index in [1.54, 1.807) is 4.57 Å². The van der Waals surface area contributed by atoms with Gasteiger partial charge in [-0.05, 0) is 32.4 Å². The largest absolute Gasteiger partial charge is 0.350 e. The number of hydrogen-bond acceptors (Lipinski definition) is 6. The number of piperazine rings is 1. The monoisotopic (exact) mass is 389 g/mol. The van der Waals surface area contributed by atoms with Gasteiger partial charge in [-0.2, -0.15) is 0 Å². The van der Waals surface area contributed by atoms with Crippen molar-refractivity contribution in [2.75, 3.05) is 46.3 Å². The van der Waals surface area contributed by atoms with Crippen LogP contribution >= 0.6 is 11.3 Å². The SMILES string of the molecule is Cc1c(C(=O)NCCN2CCN(C)CC2)sc2nc3n(c(=O)c12)CCCC3. The van der Waals surface area contributed by atoms with E-state index in [9.17, 15) is 9.59 Å². The minimum Gasteiger partial charge on any atom is -0.350 e. The van der Waals surface area contributed by atoms with E-state index in [1.807, 2.05) is 6.92 Å². The lowest BCUT2D eigenvalue weighted by Crippen LogP contribution is -2.46. The molecule has 7 nitrogen and oxygen atoms in total. The number of aromatic nitrogens is 2. The molecule has 0 bridgehead atoms. The topological polar surface area (TPSA) is 70.5 Å². The van der Waals surface area contributed by atoms with Crippen LogP contribution < -0.4 is 10.9 Å². The van der Waals surface area contributed by atoms with Gasteiger partial charge in [0.25, 0.3) is 11.5 Å². The van der Waals surface area contributed by atoms with E-state index >= 15 is 0 Å². The Balaban J connectivity index is 1.48. The number of carbonyl (C=O) groups excluding carboxylic acids is 1. The van der Waals surface area contributed by atoms with E-state index < -0.39 is 0 Å². The zero-order valence-corrected chi connectivity index (χ0v) is 16.9. The average molecular weight is 390 g/mol.